The molecule has 1 atom stereocenters. The van der Waals surface area contributed by atoms with Gasteiger partial charge in [-0.2, -0.15) is 0 Å². The Kier molecular flexibility index (Phi) is 4.45. The number of hydrogen-bond donors (Lipinski definition) is 1. The van der Waals surface area contributed by atoms with Crippen molar-refractivity contribution in [1.82, 2.24) is 4.90 Å². The van der Waals surface area contributed by atoms with Crippen LogP contribution >= 0.6 is 0 Å². The SMILES string of the molecule is CC1(C(=O)O)CCN(C(=O)CCOc2ccc(F)cc2)C1. The third-order valence-corrected chi connectivity index (χ3v) is 3.74. The van der Waals surface area contributed by atoms with E-state index in [1.165, 1.54) is 24.3 Å². The summed E-state index contributed by atoms with van der Waals surface area (Å²) < 4.78 is 18.1. The maximum absolute atomic E-state index is 12.7. The molecular formula is C15H18FNO4. The average molecular weight is 295 g/mol. The van der Waals surface area contributed by atoms with Crippen LogP contribution in [0.4, 0.5) is 4.39 Å². The van der Waals surface area contributed by atoms with E-state index in [0.29, 0.717) is 18.7 Å². The number of halogens is 1. The van der Waals surface area contributed by atoms with E-state index in [1.807, 2.05) is 0 Å². The topological polar surface area (TPSA) is 66.8 Å². The van der Waals surface area contributed by atoms with Crippen LogP contribution in [0.3, 0.4) is 0 Å². The number of ether oxygens (including phenoxy) is 1. The molecule has 5 nitrogen and oxygen atoms in total. The van der Waals surface area contributed by atoms with E-state index in [4.69, 9.17) is 9.84 Å². The van der Waals surface area contributed by atoms with E-state index in [0.717, 1.165) is 0 Å². The summed E-state index contributed by atoms with van der Waals surface area (Å²) in [4.78, 5) is 24.7. The largest absolute Gasteiger partial charge is 0.493 e. The number of nitrogens with zero attached hydrogens (tertiary/aromatic N) is 1. The van der Waals surface area contributed by atoms with Crippen LogP contribution in [0.5, 0.6) is 5.75 Å². The lowest BCUT2D eigenvalue weighted by molar-refractivity contribution is -0.147. The summed E-state index contributed by atoms with van der Waals surface area (Å²) in [6, 6.07) is 5.57. The van der Waals surface area contributed by atoms with Crippen LogP contribution in [0.2, 0.25) is 0 Å². The highest BCUT2D eigenvalue weighted by atomic mass is 19.1. The first-order valence-electron chi connectivity index (χ1n) is 6.80. The highest BCUT2D eigenvalue weighted by Gasteiger charge is 2.41. The highest BCUT2D eigenvalue weighted by Crippen LogP contribution is 2.30. The molecule has 2 rings (SSSR count). The number of carbonyl (C=O) groups excluding carboxylic acids is 1. The van der Waals surface area contributed by atoms with Gasteiger partial charge in [-0.15, -0.1) is 0 Å². The molecule has 1 N–H and O–H groups in total. The molecule has 0 bridgehead atoms. The molecule has 0 spiro atoms. The number of likely N-dealkylation sites (tertiary alicyclic amines) is 1. The van der Waals surface area contributed by atoms with E-state index in [1.54, 1.807) is 11.8 Å². The summed E-state index contributed by atoms with van der Waals surface area (Å²) in [5.74, 6) is -0.841. The predicted molar refractivity (Wildman–Crippen MR) is 73.5 cm³/mol. The van der Waals surface area contributed by atoms with Crippen LogP contribution in [0.1, 0.15) is 19.8 Å². The molecule has 1 heterocycles. The molecule has 1 fully saturated rings. The molecule has 21 heavy (non-hydrogen) atoms. The fourth-order valence-corrected chi connectivity index (χ4v) is 2.29. The molecule has 1 aromatic rings. The van der Waals surface area contributed by atoms with Gasteiger partial charge in [0.25, 0.3) is 0 Å². The Morgan fingerprint density at radius 1 is 1.38 bits per heavy atom. The Morgan fingerprint density at radius 2 is 2.05 bits per heavy atom. The van der Waals surface area contributed by atoms with Crippen molar-refractivity contribution in [3.05, 3.63) is 30.1 Å². The van der Waals surface area contributed by atoms with Gasteiger partial charge in [0.15, 0.2) is 0 Å². The smallest absolute Gasteiger partial charge is 0.311 e. The number of carboxylic acids is 1. The highest BCUT2D eigenvalue weighted by molar-refractivity contribution is 5.80. The lowest BCUT2D eigenvalue weighted by atomic mass is 9.90. The summed E-state index contributed by atoms with van der Waals surface area (Å²) in [7, 11) is 0. The first kappa shape index (κ1) is 15.3. The number of rotatable bonds is 5. The maximum atomic E-state index is 12.7. The van der Waals surface area contributed by atoms with Gasteiger partial charge in [0.2, 0.25) is 5.91 Å². The van der Waals surface area contributed by atoms with E-state index in [2.05, 4.69) is 0 Å². The molecule has 1 aromatic carbocycles. The standard InChI is InChI=1S/C15H18FNO4/c1-15(14(19)20)7-8-17(10-15)13(18)6-9-21-12-4-2-11(16)3-5-12/h2-5H,6-10H2,1H3,(H,19,20). The molecular weight excluding hydrogens is 277 g/mol. The Bertz CT molecular complexity index is 531. The summed E-state index contributed by atoms with van der Waals surface area (Å²) in [6.07, 6.45) is 0.639. The Balaban J connectivity index is 1.78. The van der Waals surface area contributed by atoms with Crippen LogP contribution in [-0.2, 0) is 9.59 Å². The minimum Gasteiger partial charge on any atom is -0.493 e. The van der Waals surface area contributed by atoms with Crippen LogP contribution < -0.4 is 4.74 Å². The molecule has 0 saturated carbocycles. The van der Waals surface area contributed by atoms with Gasteiger partial charge >= 0.3 is 5.97 Å². The van der Waals surface area contributed by atoms with Crippen molar-refractivity contribution in [2.24, 2.45) is 5.41 Å². The second-order valence-corrected chi connectivity index (χ2v) is 5.48. The first-order chi connectivity index (χ1) is 9.90. The third kappa shape index (κ3) is 3.71. The van der Waals surface area contributed by atoms with Crippen molar-refractivity contribution >= 4 is 11.9 Å². The Morgan fingerprint density at radius 3 is 2.62 bits per heavy atom. The van der Waals surface area contributed by atoms with Gasteiger partial charge in [-0.05, 0) is 37.6 Å². The van der Waals surface area contributed by atoms with Crippen molar-refractivity contribution < 1.29 is 23.8 Å². The first-order valence-corrected chi connectivity index (χ1v) is 6.80. The number of hydrogen-bond acceptors (Lipinski definition) is 3. The molecule has 1 aliphatic rings. The van der Waals surface area contributed by atoms with Crippen molar-refractivity contribution in [3.8, 4) is 5.75 Å². The van der Waals surface area contributed by atoms with Gasteiger partial charge < -0.3 is 14.7 Å². The van der Waals surface area contributed by atoms with Crippen molar-refractivity contribution in [2.45, 2.75) is 19.8 Å². The van der Waals surface area contributed by atoms with Gasteiger partial charge in [-0.1, -0.05) is 0 Å². The minimum atomic E-state index is -0.875. The van der Waals surface area contributed by atoms with E-state index < -0.39 is 11.4 Å². The van der Waals surface area contributed by atoms with Gasteiger partial charge in [0.1, 0.15) is 11.6 Å². The van der Waals surface area contributed by atoms with E-state index in [9.17, 15) is 14.0 Å². The van der Waals surface area contributed by atoms with Crippen LogP contribution in [0.15, 0.2) is 24.3 Å². The molecule has 114 valence electrons. The number of benzene rings is 1. The van der Waals surface area contributed by atoms with E-state index >= 15 is 0 Å². The maximum Gasteiger partial charge on any atom is 0.311 e. The summed E-state index contributed by atoms with van der Waals surface area (Å²) in [5.41, 5.74) is -0.854. The van der Waals surface area contributed by atoms with Gasteiger partial charge in [0.05, 0.1) is 18.4 Å². The van der Waals surface area contributed by atoms with Crippen LogP contribution in [-0.4, -0.2) is 41.6 Å². The molecule has 6 heteroatoms. The minimum absolute atomic E-state index is 0.123. The number of aliphatic carboxylic acids is 1. The average Bonchev–Trinajstić information content (AvgIpc) is 2.85. The van der Waals surface area contributed by atoms with E-state index in [-0.39, 0.29) is 31.3 Å². The van der Waals surface area contributed by atoms with Gasteiger partial charge in [-0.25, -0.2) is 4.39 Å². The fourth-order valence-electron chi connectivity index (χ4n) is 2.29. The molecule has 0 aromatic heterocycles. The molecule has 1 saturated heterocycles. The lowest BCUT2D eigenvalue weighted by Gasteiger charge is -2.20. The monoisotopic (exact) mass is 295 g/mol. The normalized spacial score (nSPS) is 21.3. The predicted octanol–water partition coefficient (Wildman–Crippen LogP) is 1.92. The van der Waals surface area contributed by atoms with Gasteiger partial charge in [-0.3, -0.25) is 9.59 Å². The lowest BCUT2D eigenvalue weighted by Crippen LogP contribution is -2.35. The second kappa shape index (κ2) is 6.11. The summed E-state index contributed by atoms with van der Waals surface area (Å²) in [6.45, 7) is 2.53. The number of carboxylic acid groups (broad SMARTS) is 1. The molecule has 0 radical (unpaired) electrons. The zero-order chi connectivity index (χ0) is 15.5. The number of amides is 1. The second-order valence-electron chi connectivity index (χ2n) is 5.48. The fraction of sp³-hybridized carbons (Fsp3) is 0.467. The Labute approximate surface area is 122 Å². The molecule has 1 aliphatic heterocycles. The third-order valence-electron chi connectivity index (χ3n) is 3.74. The molecule has 1 amide bonds. The Hall–Kier alpha value is -2.11. The van der Waals surface area contributed by atoms with Crippen LogP contribution in [0.25, 0.3) is 0 Å². The zero-order valence-corrected chi connectivity index (χ0v) is 11.8. The van der Waals surface area contributed by atoms with Crippen molar-refractivity contribution in [3.63, 3.8) is 0 Å². The zero-order valence-electron chi connectivity index (χ0n) is 11.8. The quantitative estimate of drug-likeness (QED) is 0.901. The summed E-state index contributed by atoms with van der Waals surface area (Å²) in [5, 5.41) is 9.13. The molecule has 1 unspecified atom stereocenters. The van der Waals surface area contributed by atoms with Crippen molar-refractivity contribution in [2.75, 3.05) is 19.7 Å². The van der Waals surface area contributed by atoms with Crippen LogP contribution in [0, 0.1) is 11.2 Å². The summed E-state index contributed by atoms with van der Waals surface area (Å²) >= 11 is 0. The van der Waals surface area contributed by atoms with Gasteiger partial charge in [0, 0.05) is 13.1 Å². The number of carbonyl (C=O) groups is 2. The molecule has 0 aliphatic carbocycles. The van der Waals surface area contributed by atoms with Crippen molar-refractivity contribution in [1.29, 1.82) is 0 Å².